The van der Waals surface area contributed by atoms with Crippen molar-refractivity contribution in [2.24, 2.45) is 4.99 Å². The van der Waals surface area contributed by atoms with Crippen molar-refractivity contribution < 1.29 is 18.9 Å². The first-order valence-electron chi connectivity index (χ1n) is 11.4. The van der Waals surface area contributed by atoms with E-state index in [0.717, 1.165) is 17.0 Å². The van der Waals surface area contributed by atoms with Gasteiger partial charge in [-0.2, -0.15) is 0 Å². The molecule has 3 unspecified atom stereocenters. The number of nitrogens with zero attached hydrogens (tertiary/aromatic N) is 3. The molecule has 3 aromatic rings. The lowest BCUT2D eigenvalue weighted by Crippen LogP contribution is -2.38. The van der Waals surface area contributed by atoms with Gasteiger partial charge in [0.05, 0.1) is 28.7 Å². The van der Waals surface area contributed by atoms with E-state index >= 15 is 0 Å². The van der Waals surface area contributed by atoms with Crippen molar-refractivity contribution in [1.29, 1.82) is 0 Å². The summed E-state index contributed by atoms with van der Waals surface area (Å²) in [6.45, 7) is 4.07. The van der Waals surface area contributed by atoms with Gasteiger partial charge in [-0.25, -0.2) is 14.4 Å². The topological polar surface area (TPSA) is 110 Å². The number of hydrogen-bond acceptors (Lipinski definition) is 8. The SMILES string of the molecule is Cc1[nH]c2nc(-c3ccccc3)c(C)n2c(=O)c1N=C(Br)CCC[C@@H]1OC2COP(S)O[C@H]2C1O. The number of fused-ring (bicyclic) bond motifs is 2. The fraction of sp³-hybridized carbons (Fsp3) is 0.435. The molecule has 12 heteroatoms. The van der Waals surface area contributed by atoms with E-state index in [0.29, 0.717) is 47.6 Å². The lowest BCUT2D eigenvalue weighted by atomic mass is 10.0. The summed E-state index contributed by atoms with van der Waals surface area (Å²) in [6, 6.07) is 9.78. The van der Waals surface area contributed by atoms with Crippen LogP contribution in [0.25, 0.3) is 17.0 Å². The number of hydrogen-bond donors (Lipinski definition) is 3. The normalized spacial score (nSPS) is 26.9. The van der Waals surface area contributed by atoms with Crippen molar-refractivity contribution in [3.63, 3.8) is 0 Å². The molecule has 2 aliphatic rings. The maximum Gasteiger partial charge on any atom is 0.285 e. The zero-order valence-electron chi connectivity index (χ0n) is 19.2. The van der Waals surface area contributed by atoms with Crippen LogP contribution < -0.4 is 5.56 Å². The molecule has 0 spiro atoms. The van der Waals surface area contributed by atoms with Gasteiger partial charge in [0, 0.05) is 11.3 Å². The Morgan fingerprint density at radius 2 is 2.14 bits per heavy atom. The Morgan fingerprint density at radius 3 is 2.91 bits per heavy atom. The minimum atomic E-state index is -1.27. The highest BCUT2D eigenvalue weighted by Gasteiger charge is 2.47. The number of ether oxygens (including phenoxy) is 1. The molecule has 0 saturated carbocycles. The van der Waals surface area contributed by atoms with Crippen LogP contribution in [0.2, 0.25) is 0 Å². The quantitative estimate of drug-likeness (QED) is 0.223. The Bertz CT molecular complexity index is 1320. The third kappa shape index (κ3) is 5.00. The van der Waals surface area contributed by atoms with Crippen molar-refractivity contribution >= 4 is 51.8 Å². The lowest BCUT2D eigenvalue weighted by Gasteiger charge is -2.28. The average molecular weight is 581 g/mol. The number of nitrogens with one attached hydrogen (secondary N) is 1. The molecule has 2 N–H and O–H groups in total. The summed E-state index contributed by atoms with van der Waals surface area (Å²) in [6.07, 6.45) is 0.202. The van der Waals surface area contributed by atoms with Crippen LogP contribution in [0.1, 0.15) is 30.7 Å². The summed E-state index contributed by atoms with van der Waals surface area (Å²) in [5, 5.41) is 10.6. The summed E-state index contributed by atoms with van der Waals surface area (Å²) in [4.78, 5) is 25.8. The molecular weight excluding hydrogens is 555 g/mol. The second-order valence-corrected chi connectivity index (χ2v) is 11.5. The molecule has 2 aromatic heterocycles. The zero-order valence-corrected chi connectivity index (χ0v) is 22.6. The second-order valence-electron chi connectivity index (χ2n) is 8.66. The minimum absolute atomic E-state index is 0.223. The number of imidazole rings is 1. The fourth-order valence-corrected chi connectivity index (χ4v) is 6.33. The second kappa shape index (κ2) is 10.4. The van der Waals surface area contributed by atoms with Gasteiger partial charge in [-0.3, -0.25) is 4.79 Å². The highest BCUT2D eigenvalue weighted by Crippen LogP contribution is 2.51. The largest absolute Gasteiger partial charge is 0.388 e. The van der Waals surface area contributed by atoms with Crippen molar-refractivity contribution in [2.75, 3.05) is 6.61 Å². The monoisotopic (exact) mass is 580 g/mol. The third-order valence-electron chi connectivity index (χ3n) is 6.31. The van der Waals surface area contributed by atoms with Crippen LogP contribution in [0.4, 0.5) is 5.69 Å². The summed E-state index contributed by atoms with van der Waals surface area (Å²) in [7, 11) is -1.27. The summed E-state index contributed by atoms with van der Waals surface area (Å²) < 4.78 is 19.1. The minimum Gasteiger partial charge on any atom is -0.388 e. The number of aromatic nitrogens is 3. The molecule has 4 heterocycles. The maximum absolute atomic E-state index is 13.3. The van der Waals surface area contributed by atoms with Crippen LogP contribution in [-0.4, -0.2) is 55.1 Å². The van der Waals surface area contributed by atoms with Crippen molar-refractivity contribution in [1.82, 2.24) is 14.4 Å². The molecule has 0 aliphatic carbocycles. The zero-order chi connectivity index (χ0) is 24.7. The van der Waals surface area contributed by atoms with Gasteiger partial charge in [-0.05, 0) is 49.0 Å². The van der Waals surface area contributed by atoms with E-state index in [1.807, 2.05) is 44.2 Å². The van der Waals surface area contributed by atoms with E-state index in [4.69, 9.17) is 13.8 Å². The number of halogens is 1. The first kappa shape index (κ1) is 25.1. The number of rotatable bonds is 6. The van der Waals surface area contributed by atoms with Crippen LogP contribution in [0.3, 0.4) is 0 Å². The number of aromatic amines is 1. The number of aliphatic imine (C=N–C) groups is 1. The van der Waals surface area contributed by atoms with Gasteiger partial charge in [0.1, 0.15) is 24.0 Å². The molecule has 1 aromatic carbocycles. The predicted molar refractivity (Wildman–Crippen MR) is 142 cm³/mol. The maximum atomic E-state index is 13.3. The molecule has 0 bridgehead atoms. The van der Waals surface area contributed by atoms with Crippen LogP contribution in [0.5, 0.6) is 0 Å². The van der Waals surface area contributed by atoms with Gasteiger partial charge in [0.2, 0.25) is 13.4 Å². The van der Waals surface area contributed by atoms with Gasteiger partial charge < -0.3 is 23.9 Å². The van der Waals surface area contributed by atoms with Gasteiger partial charge in [-0.15, -0.1) is 0 Å². The van der Waals surface area contributed by atoms with Gasteiger partial charge >= 0.3 is 0 Å². The number of aryl methyl sites for hydroxylation is 2. The predicted octanol–water partition coefficient (Wildman–Crippen LogP) is 4.60. The molecule has 5 rings (SSSR count). The Balaban J connectivity index is 1.30. The average Bonchev–Trinajstić information content (AvgIpc) is 3.33. The molecule has 2 saturated heterocycles. The summed E-state index contributed by atoms with van der Waals surface area (Å²) in [5.41, 5.74) is 3.21. The number of aliphatic hydroxyl groups excluding tert-OH is 1. The van der Waals surface area contributed by atoms with E-state index in [1.165, 1.54) is 0 Å². The first-order chi connectivity index (χ1) is 16.8. The first-order valence-corrected chi connectivity index (χ1v) is 14.5. The summed E-state index contributed by atoms with van der Waals surface area (Å²) in [5.74, 6) is 0.490. The lowest BCUT2D eigenvalue weighted by molar-refractivity contribution is -0.0302. The molecule has 2 fully saturated rings. The highest BCUT2D eigenvalue weighted by molar-refractivity contribution is 9.18. The van der Waals surface area contributed by atoms with Crippen molar-refractivity contribution in [3.05, 3.63) is 52.1 Å². The van der Waals surface area contributed by atoms with E-state index in [-0.39, 0.29) is 17.8 Å². The molecule has 9 nitrogen and oxygen atoms in total. The number of thiol groups is 1. The number of H-pyrrole nitrogens is 1. The van der Waals surface area contributed by atoms with Gasteiger partial charge in [0.15, 0.2) is 0 Å². The van der Waals surface area contributed by atoms with Crippen LogP contribution in [0.15, 0.2) is 40.1 Å². The third-order valence-corrected chi connectivity index (χ3v) is 8.31. The number of aliphatic hydroxyl groups is 1. The van der Waals surface area contributed by atoms with Crippen molar-refractivity contribution in [2.45, 2.75) is 57.5 Å². The van der Waals surface area contributed by atoms with Gasteiger partial charge in [-0.1, -0.05) is 42.6 Å². The molecule has 35 heavy (non-hydrogen) atoms. The molecule has 2 aliphatic heterocycles. The Morgan fingerprint density at radius 1 is 1.37 bits per heavy atom. The van der Waals surface area contributed by atoms with Crippen molar-refractivity contribution in [3.8, 4) is 11.3 Å². The smallest absolute Gasteiger partial charge is 0.285 e. The molecule has 0 amide bonds. The van der Waals surface area contributed by atoms with E-state index in [1.54, 1.807) is 4.40 Å². The van der Waals surface area contributed by atoms with E-state index < -0.39 is 19.8 Å². The van der Waals surface area contributed by atoms with E-state index in [9.17, 15) is 9.90 Å². The van der Waals surface area contributed by atoms with Crippen LogP contribution in [0, 0.1) is 13.8 Å². The standard InChI is InChI=1S/C23H26BrN4O5PS/c1-12-18(22(30)28-13(2)19(27-23(28)25-12)14-7-4-3-5-8-14)26-17(24)10-6-9-15-20(29)21-16(32-15)11-31-34(35)33-21/h3-5,7-8,15-16,20-21,29,35H,6,9-11H2,1-2H3,(H,25,27)/t15-,16?,20?,21+,34?/m0/s1. The summed E-state index contributed by atoms with van der Waals surface area (Å²) >= 11 is 7.74. The fourth-order valence-electron chi connectivity index (χ4n) is 4.54. The van der Waals surface area contributed by atoms with E-state index in [2.05, 4.69) is 43.1 Å². The molecule has 5 atom stereocenters. The number of benzene rings is 1. The molecule has 0 radical (unpaired) electrons. The van der Waals surface area contributed by atoms with Gasteiger partial charge in [0.25, 0.3) is 5.56 Å². The Labute approximate surface area is 217 Å². The Kier molecular flexibility index (Phi) is 7.46. The van der Waals surface area contributed by atoms with Crippen LogP contribution in [-0.2, 0) is 13.8 Å². The molecular formula is C23H26BrN4O5PS. The molecule has 186 valence electrons. The van der Waals surface area contributed by atoms with Crippen LogP contribution >= 0.6 is 35.8 Å². The Hall–Kier alpha value is -1.59. The highest BCUT2D eigenvalue weighted by atomic mass is 79.9.